The Bertz CT molecular complexity index is 1860. The number of hydrogen-bond donors (Lipinski definition) is 0. The molecule has 0 atom stereocenters. The van der Waals surface area contributed by atoms with Gasteiger partial charge in [0.2, 0.25) is 5.91 Å². The summed E-state index contributed by atoms with van der Waals surface area (Å²) in [5, 5.41) is 0. The Kier molecular flexibility index (Phi) is 8.09. The van der Waals surface area contributed by atoms with Gasteiger partial charge in [-0.3, -0.25) is 24.2 Å². The number of rotatable bonds is 5. The van der Waals surface area contributed by atoms with Gasteiger partial charge in [-0.1, -0.05) is 78.2 Å². The van der Waals surface area contributed by atoms with Crippen molar-refractivity contribution in [2.45, 2.75) is 40.2 Å². The number of esters is 1. The van der Waals surface area contributed by atoms with Gasteiger partial charge in [-0.2, -0.15) is 0 Å². The van der Waals surface area contributed by atoms with Crippen molar-refractivity contribution in [3.8, 4) is 0 Å². The molecule has 0 N–H and O–H groups in total. The van der Waals surface area contributed by atoms with Gasteiger partial charge in [0, 0.05) is 16.0 Å². The zero-order valence-corrected chi connectivity index (χ0v) is 27.9. The number of thioether (sulfide) groups is 2. The molecule has 3 aromatic carbocycles. The number of imide groups is 1. The molecule has 7 nitrogen and oxygen atoms in total. The lowest BCUT2D eigenvalue weighted by Crippen LogP contribution is -2.58. The molecule has 3 aliphatic heterocycles. The van der Waals surface area contributed by atoms with E-state index < -0.39 is 35.8 Å². The van der Waals surface area contributed by atoms with Crippen molar-refractivity contribution >= 4 is 80.5 Å². The largest absolute Gasteiger partial charge is 0.462 e. The molecule has 0 aliphatic carbocycles. The van der Waals surface area contributed by atoms with Crippen LogP contribution in [0.15, 0.2) is 75.9 Å². The van der Waals surface area contributed by atoms with Gasteiger partial charge in [-0.15, -0.1) is 0 Å². The van der Waals surface area contributed by atoms with Crippen molar-refractivity contribution in [2.75, 3.05) is 18.1 Å². The molecule has 3 aromatic rings. The fraction of sp³-hybridized carbons (Fsp3) is 0.229. The van der Waals surface area contributed by atoms with Crippen molar-refractivity contribution in [3.05, 3.63) is 109 Å². The first kappa shape index (κ1) is 31.0. The van der Waals surface area contributed by atoms with E-state index in [-0.39, 0.29) is 17.7 Å². The van der Waals surface area contributed by atoms with Crippen molar-refractivity contribution in [1.29, 1.82) is 0 Å². The molecule has 3 heterocycles. The van der Waals surface area contributed by atoms with Crippen LogP contribution in [0.25, 0.3) is 10.5 Å². The molecule has 0 unspecified atom stereocenters. The van der Waals surface area contributed by atoms with E-state index >= 15 is 0 Å². The number of nitrogens with zero attached hydrogens (tertiary/aromatic N) is 2. The summed E-state index contributed by atoms with van der Waals surface area (Å²) in [6.45, 7) is 9.32. The normalized spacial score (nSPS) is 18.8. The van der Waals surface area contributed by atoms with E-state index in [0.717, 1.165) is 41.9 Å². The minimum Gasteiger partial charge on any atom is -0.462 e. The SMILES string of the molecule is CCOC(=O)C1=C(c2ccccc2)S/C(=C2/C(=S)C(C)(C)N(C(=O)CN3C(=O)c4ccccc4C3=O)c3cc(C)c(C)cc32)S1. The summed E-state index contributed by atoms with van der Waals surface area (Å²) in [7, 11) is 0. The molecule has 0 saturated heterocycles. The molecule has 3 amide bonds. The molecule has 228 valence electrons. The molecular formula is C35H30N2O5S3. The number of amides is 3. The van der Waals surface area contributed by atoms with Crippen LogP contribution in [-0.4, -0.2) is 52.1 Å². The summed E-state index contributed by atoms with van der Waals surface area (Å²) in [6.07, 6.45) is 0. The maximum atomic E-state index is 14.2. The smallest absolute Gasteiger partial charge is 0.346 e. The zero-order chi connectivity index (χ0) is 32.2. The summed E-state index contributed by atoms with van der Waals surface area (Å²) in [6, 6.07) is 20.3. The number of hydrogen-bond acceptors (Lipinski definition) is 8. The second-order valence-corrected chi connectivity index (χ2v) is 14.1. The molecule has 6 rings (SSSR count). The van der Waals surface area contributed by atoms with Gasteiger partial charge in [0.25, 0.3) is 11.8 Å². The van der Waals surface area contributed by atoms with Crippen LogP contribution in [0.4, 0.5) is 5.69 Å². The first-order valence-electron chi connectivity index (χ1n) is 14.5. The highest BCUT2D eigenvalue weighted by Crippen LogP contribution is 2.58. The van der Waals surface area contributed by atoms with Gasteiger partial charge in [-0.05, 0) is 75.6 Å². The molecule has 0 radical (unpaired) electrons. The second kappa shape index (κ2) is 11.7. The highest BCUT2D eigenvalue weighted by Gasteiger charge is 2.47. The lowest BCUT2D eigenvalue weighted by atomic mass is 9.82. The topological polar surface area (TPSA) is 84.0 Å². The van der Waals surface area contributed by atoms with Crippen LogP contribution < -0.4 is 4.90 Å². The van der Waals surface area contributed by atoms with Crippen LogP contribution in [0.5, 0.6) is 0 Å². The number of ether oxygens (including phenoxy) is 1. The molecule has 0 bridgehead atoms. The number of thiocarbonyl (C=S) groups is 1. The first-order valence-corrected chi connectivity index (χ1v) is 16.5. The van der Waals surface area contributed by atoms with Crippen molar-refractivity contribution < 1.29 is 23.9 Å². The van der Waals surface area contributed by atoms with Crippen molar-refractivity contribution in [3.63, 3.8) is 0 Å². The predicted molar refractivity (Wildman–Crippen MR) is 184 cm³/mol. The minimum absolute atomic E-state index is 0.248. The Hall–Kier alpha value is -3.99. The Morgan fingerprint density at radius 2 is 1.47 bits per heavy atom. The molecule has 0 aromatic heterocycles. The van der Waals surface area contributed by atoms with E-state index in [1.54, 1.807) is 36.1 Å². The number of carbonyl (C=O) groups is 4. The number of anilines is 1. The summed E-state index contributed by atoms with van der Waals surface area (Å²) >= 11 is 8.99. The van der Waals surface area contributed by atoms with E-state index in [0.29, 0.717) is 15.5 Å². The molecule has 10 heteroatoms. The molecule has 0 spiro atoms. The van der Waals surface area contributed by atoms with Crippen LogP contribution in [0.3, 0.4) is 0 Å². The van der Waals surface area contributed by atoms with E-state index in [9.17, 15) is 19.2 Å². The van der Waals surface area contributed by atoms with Gasteiger partial charge in [0.1, 0.15) is 11.4 Å². The predicted octanol–water partition coefficient (Wildman–Crippen LogP) is 7.18. The van der Waals surface area contributed by atoms with E-state index in [1.165, 1.54) is 23.5 Å². The Morgan fingerprint density at radius 1 is 0.867 bits per heavy atom. The first-order chi connectivity index (χ1) is 21.4. The van der Waals surface area contributed by atoms with Gasteiger partial charge in [-0.25, -0.2) is 4.79 Å². The van der Waals surface area contributed by atoms with Crippen LogP contribution in [-0.2, 0) is 14.3 Å². The third-order valence-electron chi connectivity index (χ3n) is 8.18. The second-order valence-electron chi connectivity index (χ2n) is 11.4. The maximum Gasteiger partial charge on any atom is 0.346 e. The summed E-state index contributed by atoms with van der Waals surface area (Å²) < 4.78 is 6.26. The number of carbonyl (C=O) groups excluding carboxylic acids is 4. The molecule has 3 aliphatic rings. The maximum absolute atomic E-state index is 14.2. The molecule has 0 saturated carbocycles. The molecule has 0 fully saturated rings. The van der Waals surface area contributed by atoms with Crippen molar-refractivity contribution in [1.82, 2.24) is 4.90 Å². The van der Waals surface area contributed by atoms with E-state index in [4.69, 9.17) is 17.0 Å². The average molecular weight is 655 g/mol. The van der Waals surface area contributed by atoms with E-state index in [2.05, 4.69) is 0 Å². The third kappa shape index (κ3) is 5.14. The highest BCUT2D eigenvalue weighted by atomic mass is 32.2. The third-order valence-corrected chi connectivity index (χ3v) is 11.5. The lowest BCUT2D eigenvalue weighted by Gasteiger charge is -2.46. The van der Waals surface area contributed by atoms with Gasteiger partial charge < -0.3 is 4.74 Å². The summed E-state index contributed by atoms with van der Waals surface area (Å²) in [5.74, 6) is -1.81. The summed E-state index contributed by atoms with van der Waals surface area (Å²) in [4.78, 5) is 58.1. The lowest BCUT2D eigenvalue weighted by molar-refractivity contribution is -0.137. The van der Waals surface area contributed by atoms with E-state index in [1.807, 2.05) is 70.2 Å². The molecular weight excluding hydrogens is 625 g/mol. The quantitative estimate of drug-likeness (QED) is 0.124. The van der Waals surface area contributed by atoms with Gasteiger partial charge >= 0.3 is 5.97 Å². The van der Waals surface area contributed by atoms with Gasteiger partial charge in [0.15, 0.2) is 0 Å². The van der Waals surface area contributed by atoms with Gasteiger partial charge in [0.05, 0.1) is 38.1 Å². The van der Waals surface area contributed by atoms with Crippen LogP contribution in [0, 0.1) is 13.8 Å². The fourth-order valence-electron chi connectivity index (χ4n) is 5.77. The Morgan fingerprint density at radius 3 is 2.09 bits per heavy atom. The monoisotopic (exact) mass is 654 g/mol. The van der Waals surface area contributed by atoms with Crippen LogP contribution >= 0.6 is 35.7 Å². The number of aryl methyl sites for hydroxylation is 2. The highest BCUT2D eigenvalue weighted by molar-refractivity contribution is 8.32. The van der Waals surface area contributed by atoms with Crippen molar-refractivity contribution in [2.24, 2.45) is 0 Å². The summed E-state index contributed by atoms with van der Waals surface area (Å²) in [5.41, 5.74) is 4.61. The average Bonchev–Trinajstić information content (AvgIpc) is 3.56. The zero-order valence-electron chi connectivity index (χ0n) is 25.4. The standard InChI is InChI=1S/C35H30N2O5S3/c1-6-42-33(41)29-28(21-12-8-7-9-13-21)44-34(45-29)27-24-16-19(2)20(3)17-25(24)37(35(4,5)30(27)43)26(38)18-36-31(39)22-14-10-11-15-23(22)32(36)40/h7-17H,6,18H2,1-5H3/b34-27-. The van der Waals surface area contributed by atoms with Crippen LogP contribution in [0.1, 0.15) is 63.7 Å². The Balaban J connectivity index is 1.45. The fourth-order valence-corrected chi connectivity index (χ4v) is 8.90. The molecule has 45 heavy (non-hydrogen) atoms. The Labute approximate surface area is 275 Å². The van der Waals surface area contributed by atoms with Crippen LogP contribution in [0.2, 0.25) is 0 Å². The number of benzene rings is 3. The number of fused-ring (bicyclic) bond motifs is 2. The minimum atomic E-state index is -1.01.